The van der Waals surface area contributed by atoms with Gasteiger partial charge in [-0.05, 0) is 43.9 Å². The first-order valence-corrected chi connectivity index (χ1v) is 11.2. The van der Waals surface area contributed by atoms with Crippen molar-refractivity contribution in [1.82, 2.24) is 0 Å². The fraction of sp³-hybridized carbons (Fsp3) is 0.583. The summed E-state index contributed by atoms with van der Waals surface area (Å²) < 4.78 is 16.1. The van der Waals surface area contributed by atoms with Crippen molar-refractivity contribution in [3.05, 3.63) is 23.8 Å². The number of esters is 3. The van der Waals surface area contributed by atoms with Crippen LogP contribution in [0.2, 0.25) is 0 Å². The fourth-order valence-electron chi connectivity index (χ4n) is 3.08. The van der Waals surface area contributed by atoms with Crippen LogP contribution in [0.3, 0.4) is 0 Å². The normalized spacial score (nSPS) is 13.7. The van der Waals surface area contributed by atoms with Crippen molar-refractivity contribution in [2.75, 3.05) is 0 Å². The molecule has 1 aromatic carbocycles. The number of carbonyl (C=O) groups excluding carboxylic acids is 3. The number of carboxylic acids is 1. The van der Waals surface area contributed by atoms with Gasteiger partial charge in [-0.3, -0.25) is 19.2 Å². The van der Waals surface area contributed by atoms with Gasteiger partial charge in [-0.15, -0.1) is 0 Å². The Morgan fingerprint density at radius 3 is 1.97 bits per heavy atom. The van der Waals surface area contributed by atoms with E-state index in [9.17, 15) is 24.3 Å². The molecule has 0 aromatic heterocycles. The van der Waals surface area contributed by atoms with Gasteiger partial charge in [0.15, 0.2) is 11.5 Å². The third kappa shape index (κ3) is 9.21. The van der Waals surface area contributed by atoms with Crippen molar-refractivity contribution in [2.24, 2.45) is 11.7 Å². The quantitative estimate of drug-likeness (QED) is 0.330. The summed E-state index contributed by atoms with van der Waals surface area (Å²) in [5.74, 6) is -3.66. The maximum Gasteiger partial charge on any atom is 0.321 e. The summed E-state index contributed by atoms with van der Waals surface area (Å²) in [6.45, 7) is 8.71. The van der Waals surface area contributed by atoms with Crippen LogP contribution in [-0.2, 0) is 23.9 Å². The minimum Gasteiger partial charge on any atom is -0.480 e. The van der Waals surface area contributed by atoms with E-state index in [0.29, 0.717) is 18.4 Å². The van der Waals surface area contributed by atoms with E-state index in [4.69, 9.17) is 19.9 Å². The molecule has 184 valence electrons. The molecule has 0 aliphatic rings. The van der Waals surface area contributed by atoms with Crippen molar-refractivity contribution >= 4 is 23.9 Å². The minimum absolute atomic E-state index is 0.00446. The molecule has 0 heterocycles. The number of benzene rings is 1. The van der Waals surface area contributed by atoms with E-state index in [1.807, 2.05) is 13.8 Å². The number of hydrogen-bond acceptors (Lipinski definition) is 8. The van der Waals surface area contributed by atoms with Gasteiger partial charge in [0.25, 0.3) is 0 Å². The predicted octanol–water partition coefficient (Wildman–Crippen LogP) is 3.57. The van der Waals surface area contributed by atoms with Crippen LogP contribution in [0.5, 0.6) is 11.5 Å². The molecule has 9 heteroatoms. The minimum atomic E-state index is -1.31. The highest BCUT2D eigenvalue weighted by atomic mass is 16.6. The molecule has 9 nitrogen and oxygen atoms in total. The standard InChI is InChI=1S/C24H35NO8/c1-6-8-20(26)32-18-11-10-16(13-19(18)33-21(27)9-7-2)17(22(25)23(28)29)12-15(5)31-24(30)14(3)4/h10-11,13-15,17,22H,6-9,12,25H2,1-5H3,(H,28,29)/t15?,17?,22-/m0/s1. The highest BCUT2D eigenvalue weighted by Crippen LogP contribution is 2.35. The maximum absolute atomic E-state index is 12.1. The van der Waals surface area contributed by atoms with Gasteiger partial charge in [-0.2, -0.15) is 0 Å². The first kappa shape index (κ1) is 28.1. The SMILES string of the molecule is CCCC(=O)Oc1ccc(C(CC(C)OC(=O)C(C)C)[C@H](N)C(=O)O)cc1OC(=O)CCC. The van der Waals surface area contributed by atoms with Crippen LogP contribution in [0.1, 0.15) is 78.2 Å². The lowest BCUT2D eigenvalue weighted by Crippen LogP contribution is -2.38. The third-order valence-electron chi connectivity index (χ3n) is 4.85. The predicted molar refractivity (Wildman–Crippen MR) is 121 cm³/mol. The van der Waals surface area contributed by atoms with Gasteiger partial charge in [0, 0.05) is 18.8 Å². The lowest BCUT2D eigenvalue weighted by Gasteiger charge is -2.26. The molecule has 0 spiro atoms. The number of nitrogens with two attached hydrogens (primary N) is 1. The topological polar surface area (TPSA) is 142 Å². The largest absolute Gasteiger partial charge is 0.480 e. The van der Waals surface area contributed by atoms with Gasteiger partial charge in [0.1, 0.15) is 6.04 Å². The lowest BCUT2D eigenvalue weighted by atomic mass is 9.87. The van der Waals surface area contributed by atoms with Crippen molar-refractivity contribution in [1.29, 1.82) is 0 Å². The number of carboxylic acid groups (broad SMARTS) is 1. The second kappa shape index (κ2) is 13.6. The van der Waals surface area contributed by atoms with Gasteiger partial charge in [0.2, 0.25) is 0 Å². The van der Waals surface area contributed by atoms with Gasteiger partial charge in [0.05, 0.1) is 12.0 Å². The molecule has 0 fully saturated rings. The van der Waals surface area contributed by atoms with Crippen molar-refractivity contribution in [2.45, 2.75) is 84.8 Å². The Balaban J connectivity index is 3.32. The average Bonchev–Trinajstić information content (AvgIpc) is 2.73. The highest BCUT2D eigenvalue weighted by Gasteiger charge is 2.30. The summed E-state index contributed by atoms with van der Waals surface area (Å²) >= 11 is 0. The monoisotopic (exact) mass is 465 g/mol. The molecule has 1 aromatic rings. The van der Waals surface area contributed by atoms with Gasteiger partial charge < -0.3 is 25.1 Å². The van der Waals surface area contributed by atoms with Crippen LogP contribution < -0.4 is 15.2 Å². The molecule has 0 saturated carbocycles. The molecule has 0 radical (unpaired) electrons. The van der Waals surface area contributed by atoms with Gasteiger partial charge >= 0.3 is 23.9 Å². The van der Waals surface area contributed by atoms with Gasteiger partial charge in [-0.25, -0.2) is 0 Å². The molecule has 0 saturated heterocycles. The van der Waals surface area contributed by atoms with Crippen molar-refractivity contribution < 1.29 is 38.5 Å². The van der Waals surface area contributed by atoms with Crippen LogP contribution in [0.25, 0.3) is 0 Å². The van der Waals surface area contributed by atoms with E-state index in [0.717, 1.165) is 0 Å². The number of aliphatic carboxylic acids is 1. The Morgan fingerprint density at radius 1 is 0.939 bits per heavy atom. The van der Waals surface area contributed by atoms with Crippen LogP contribution in [0, 0.1) is 5.92 Å². The van der Waals surface area contributed by atoms with E-state index in [1.165, 1.54) is 12.1 Å². The molecule has 0 aliphatic carbocycles. The maximum atomic E-state index is 12.1. The third-order valence-corrected chi connectivity index (χ3v) is 4.85. The summed E-state index contributed by atoms with van der Waals surface area (Å²) in [6.07, 6.45) is 1.02. The summed E-state index contributed by atoms with van der Waals surface area (Å²) in [5, 5.41) is 9.53. The zero-order valence-corrected chi connectivity index (χ0v) is 20.0. The summed E-state index contributed by atoms with van der Waals surface area (Å²) in [6, 6.07) is 3.16. The Morgan fingerprint density at radius 2 is 1.48 bits per heavy atom. The number of rotatable bonds is 13. The van der Waals surface area contributed by atoms with Crippen LogP contribution in [-0.4, -0.2) is 41.1 Å². The Labute approximate surface area is 194 Å². The second-order valence-corrected chi connectivity index (χ2v) is 8.26. The number of carbonyl (C=O) groups is 4. The molecule has 3 N–H and O–H groups in total. The molecule has 1 rings (SSSR count). The Bertz CT molecular complexity index is 836. The smallest absolute Gasteiger partial charge is 0.321 e. The van der Waals surface area contributed by atoms with E-state index < -0.39 is 41.9 Å². The average molecular weight is 466 g/mol. The summed E-state index contributed by atoms with van der Waals surface area (Å²) in [7, 11) is 0. The Hall–Kier alpha value is -2.94. The molecule has 0 amide bonds. The molecule has 0 bridgehead atoms. The molecule has 0 aliphatic heterocycles. The van der Waals surface area contributed by atoms with Crippen LogP contribution >= 0.6 is 0 Å². The van der Waals surface area contributed by atoms with E-state index in [-0.39, 0.29) is 36.7 Å². The highest BCUT2D eigenvalue weighted by molar-refractivity contribution is 5.77. The zero-order valence-electron chi connectivity index (χ0n) is 20.0. The van der Waals surface area contributed by atoms with E-state index in [2.05, 4.69) is 0 Å². The molecule has 2 unspecified atom stereocenters. The molecular weight excluding hydrogens is 430 g/mol. The lowest BCUT2D eigenvalue weighted by molar-refractivity contribution is -0.152. The second-order valence-electron chi connectivity index (χ2n) is 8.26. The van der Waals surface area contributed by atoms with E-state index in [1.54, 1.807) is 26.8 Å². The first-order valence-electron chi connectivity index (χ1n) is 11.2. The van der Waals surface area contributed by atoms with Crippen LogP contribution in [0.15, 0.2) is 18.2 Å². The van der Waals surface area contributed by atoms with E-state index >= 15 is 0 Å². The van der Waals surface area contributed by atoms with Crippen molar-refractivity contribution in [3.63, 3.8) is 0 Å². The first-order chi connectivity index (χ1) is 15.5. The zero-order chi connectivity index (χ0) is 25.1. The Kier molecular flexibility index (Phi) is 11.6. The molecular formula is C24H35NO8. The van der Waals surface area contributed by atoms with Crippen LogP contribution in [0.4, 0.5) is 0 Å². The summed E-state index contributed by atoms with van der Waals surface area (Å²) in [4.78, 5) is 47.7. The molecule has 33 heavy (non-hydrogen) atoms. The van der Waals surface area contributed by atoms with Crippen molar-refractivity contribution in [3.8, 4) is 11.5 Å². The van der Waals surface area contributed by atoms with Gasteiger partial charge in [-0.1, -0.05) is 33.8 Å². The number of ether oxygens (including phenoxy) is 3. The fourth-order valence-corrected chi connectivity index (χ4v) is 3.08. The summed E-state index contributed by atoms with van der Waals surface area (Å²) in [5.41, 5.74) is 6.41. The number of hydrogen-bond donors (Lipinski definition) is 2. The molecule has 3 atom stereocenters.